The van der Waals surface area contributed by atoms with E-state index in [1.54, 1.807) is 4.57 Å². The number of piperazine rings is 1. The van der Waals surface area contributed by atoms with Gasteiger partial charge in [0.2, 0.25) is 5.43 Å². The van der Waals surface area contributed by atoms with Crippen LogP contribution >= 0.6 is 0 Å². The molecule has 0 spiro atoms. The van der Waals surface area contributed by atoms with Crippen molar-refractivity contribution >= 4 is 22.6 Å². The number of nitrogens with zero attached hydrogens (tertiary/aromatic N) is 3. The molecule has 1 atom stereocenters. The number of carboxylic acid groups (broad SMARTS) is 1. The first-order chi connectivity index (χ1) is 14.4. The quantitative estimate of drug-likeness (QED) is 0.799. The van der Waals surface area contributed by atoms with Crippen LogP contribution in [0, 0.1) is 5.82 Å². The van der Waals surface area contributed by atoms with Crippen molar-refractivity contribution in [2.45, 2.75) is 40.7 Å². The molecule has 7 nitrogen and oxygen atoms in total. The summed E-state index contributed by atoms with van der Waals surface area (Å²) in [6.45, 7) is 13.1. The summed E-state index contributed by atoms with van der Waals surface area (Å²) >= 11 is 0. The van der Waals surface area contributed by atoms with Crippen molar-refractivity contribution in [2.24, 2.45) is 0 Å². The van der Waals surface area contributed by atoms with Gasteiger partial charge in [-0.25, -0.2) is 9.18 Å². The van der Waals surface area contributed by atoms with Gasteiger partial charge in [-0.1, -0.05) is 27.7 Å². The summed E-state index contributed by atoms with van der Waals surface area (Å²) in [6, 6.07) is 0.994. The van der Waals surface area contributed by atoms with E-state index in [2.05, 4.69) is 4.90 Å². The summed E-state index contributed by atoms with van der Waals surface area (Å²) in [5.74, 6) is -1.54. The minimum Gasteiger partial charge on any atom is -0.487 e. The zero-order valence-corrected chi connectivity index (χ0v) is 18.7. The van der Waals surface area contributed by atoms with Crippen LogP contribution in [0.4, 0.5) is 10.1 Å². The molecule has 2 aliphatic rings. The fraction of sp³-hybridized carbons (Fsp3) is 0.545. The van der Waals surface area contributed by atoms with Crippen LogP contribution < -0.4 is 15.1 Å². The highest BCUT2D eigenvalue weighted by atomic mass is 19.1. The molecule has 166 valence electrons. The van der Waals surface area contributed by atoms with Gasteiger partial charge in [-0.3, -0.25) is 4.79 Å². The molecule has 1 fully saturated rings. The standard InChI is InChI=1S/C18H20FN3O4.2C2H6/c1-10-9-26-17-14-11(16(23)12(18(24)25)8-22(10)14)7-13(19)15(17)21-5-3-20(2)4-6-21;2*1-2/h7-8,10H,3-6,9H2,1-2H3,(H,24,25);2*1-2H3/t10-;;/m0../s1. The Morgan fingerprint density at radius 2 is 1.77 bits per heavy atom. The van der Waals surface area contributed by atoms with Crippen LogP contribution in [-0.2, 0) is 0 Å². The molecule has 0 unspecified atom stereocenters. The Kier molecular flexibility index (Phi) is 7.83. The van der Waals surface area contributed by atoms with Crippen molar-refractivity contribution in [1.29, 1.82) is 0 Å². The molecule has 1 aromatic carbocycles. The van der Waals surface area contributed by atoms with Gasteiger partial charge in [0.05, 0.1) is 16.9 Å². The van der Waals surface area contributed by atoms with E-state index in [4.69, 9.17) is 4.74 Å². The first-order valence-corrected chi connectivity index (χ1v) is 10.6. The fourth-order valence-corrected chi connectivity index (χ4v) is 3.69. The molecule has 3 heterocycles. The zero-order chi connectivity index (χ0) is 22.6. The Bertz CT molecular complexity index is 965. The molecule has 0 aliphatic carbocycles. The van der Waals surface area contributed by atoms with E-state index in [9.17, 15) is 19.1 Å². The molecule has 0 saturated carbocycles. The van der Waals surface area contributed by atoms with E-state index in [0.29, 0.717) is 30.0 Å². The number of rotatable bonds is 2. The number of aromatic nitrogens is 1. The predicted octanol–water partition coefficient (Wildman–Crippen LogP) is 3.60. The lowest BCUT2D eigenvalue weighted by Gasteiger charge is -2.37. The Hall–Kier alpha value is -2.61. The number of hydrogen-bond acceptors (Lipinski definition) is 5. The average Bonchev–Trinajstić information content (AvgIpc) is 2.75. The van der Waals surface area contributed by atoms with Crippen molar-refractivity contribution in [3.8, 4) is 5.75 Å². The molecule has 30 heavy (non-hydrogen) atoms. The van der Waals surface area contributed by atoms with Crippen LogP contribution in [-0.4, -0.2) is 60.4 Å². The van der Waals surface area contributed by atoms with Gasteiger partial charge in [0.25, 0.3) is 0 Å². The molecule has 8 heteroatoms. The normalized spacial score (nSPS) is 18.0. The lowest BCUT2D eigenvalue weighted by Crippen LogP contribution is -2.45. The third-order valence-corrected chi connectivity index (χ3v) is 5.19. The topological polar surface area (TPSA) is 75.0 Å². The van der Waals surface area contributed by atoms with Crippen molar-refractivity contribution in [2.75, 3.05) is 44.7 Å². The first-order valence-electron chi connectivity index (χ1n) is 10.6. The molecule has 0 radical (unpaired) electrons. The summed E-state index contributed by atoms with van der Waals surface area (Å²) in [4.78, 5) is 28.1. The van der Waals surface area contributed by atoms with Gasteiger partial charge in [-0.05, 0) is 20.0 Å². The van der Waals surface area contributed by atoms with E-state index in [0.717, 1.165) is 19.2 Å². The van der Waals surface area contributed by atoms with Crippen LogP contribution in [0.15, 0.2) is 17.1 Å². The number of carboxylic acids is 1. The lowest BCUT2D eigenvalue weighted by molar-refractivity contribution is 0.0694. The molecule has 2 aliphatic heterocycles. The van der Waals surface area contributed by atoms with Gasteiger partial charge in [-0.2, -0.15) is 0 Å². The molecule has 4 rings (SSSR count). The maximum absolute atomic E-state index is 15.0. The lowest BCUT2D eigenvalue weighted by atomic mass is 10.1. The maximum atomic E-state index is 15.0. The summed E-state index contributed by atoms with van der Waals surface area (Å²) < 4.78 is 22.6. The van der Waals surface area contributed by atoms with E-state index >= 15 is 0 Å². The van der Waals surface area contributed by atoms with Gasteiger partial charge in [0, 0.05) is 32.4 Å². The Morgan fingerprint density at radius 1 is 1.17 bits per heavy atom. The van der Waals surface area contributed by atoms with E-state index in [-0.39, 0.29) is 23.6 Å². The van der Waals surface area contributed by atoms with Crippen LogP contribution in [0.3, 0.4) is 0 Å². The zero-order valence-electron chi connectivity index (χ0n) is 18.7. The maximum Gasteiger partial charge on any atom is 0.341 e. The molecular formula is C22H32FN3O4. The minimum absolute atomic E-state index is 0.0434. The van der Waals surface area contributed by atoms with E-state index in [1.807, 2.05) is 46.6 Å². The van der Waals surface area contributed by atoms with Crippen molar-refractivity contribution in [1.82, 2.24) is 9.47 Å². The second-order valence-corrected chi connectivity index (χ2v) is 6.97. The first kappa shape index (κ1) is 23.7. The monoisotopic (exact) mass is 421 g/mol. The Morgan fingerprint density at radius 3 is 2.33 bits per heavy atom. The Labute approximate surface area is 176 Å². The fourth-order valence-electron chi connectivity index (χ4n) is 3.69. The number of hydrogen-bond donors (Lipinski definition) is 1. The number of halogens is 1. The highest BCUT2D eigenvalue weighted by molar-refractivity contribution is 5.97. The highest BCUT2D eigenvalue weighted by Crippen LogP contribution is 2.42. The van der Waals surface area contributed by atoms with Gasteiger partial charge in [0.15, 0.2) is 11.6 Å². The summed E-state index contributed by atoms with van der Waals surface area (Å²) in [7, 11) is 2.02. The minimum atomic E-state index is -1.32. The third-order valence-electron chi connectivity index (χ3n) is 5.19. The summed E-state index contributed by atoms with van der Waals surface area (Å²) in [5.41, 5.74) is -0.224. The van der Waals surface area contributed by atoms with Gasteiger partial charge in [0.1, 0.15) is 17.9 Å². The second kappa shape index (κ2) is 9.93. The number of aromatic carboxylic acids is 1. The average molecular weight is 422 g/mol. The smallest absolute Gasteiger partial charge is 0.341 e. The number of benzene rings is 1. The van der Waals surface area contributed by atoms with Crippen LogP contribution in [0.5, 0.6) is 5.75 Å². The van der Waals surface area contributed by atoms with Crippen LogP contribution in [0.2, 0.25) is 0 Å². The molecule has 0 bridgehead atoms. The number of ether oxygens (including phenoxy) is 1. The SMILES string of the molecule is CC.CC.C[C@H]1COc2c(N3CCN(C)CC3)c(F)cc3c(=O)c(C(=O)O)cn1c23. The number of carbonyl (C=O) groups is 1. The summed E-state index contributed by atoms with van der Waals surface area (Å²) in [6.07, 6.45) is 1.34. The van der Waals surface area contributed by atoms with E-state index in [1.165, 1.54) is 6.20 Å². The van der Waals surface area contributed by atoms with Crippen LogP contribution in [0.25, 0.3) is 10.9 Å². The van der Waals surface area contributed by atoms with Gasteiger partial charge < -0.3 is 24.2 Å². The molecule has 0 amide bonds. The number of likely N-dealkylation sites (N-methyl/N-ethyl adjacent to an activating group) is 1. The predicted molar refractivity (Wildman–Crippen MR) is 118 cm³/mol. The second-order valence-electron chi connectivity index (χ2n) is 6.97. The molecule has 1 saturated heterocycles. The molecule has 1 aromatic heterocycles. The molecule has 1 N–H and O–H groups in total. The highest BCUT2D eigenvalue weighted by Gasteiger charge is 2.30. The van der Waals surface area contributed by atoms with Crippen molar-refractivity contribution in [3.05, 3.63) is 33.9 Å². The van der Waals surface area contributed by atoms with Gasteiger partial charge >= 0.3 is 5.97 Å². The number of pyridine rings is 1. The Balaban J connectivity index is 0.000000757. The van der Waals surface area contributed by atoms with Crippen molar-refractivity contribution < 1.29 is 19.0 Å². The largest absolute Gasteiger partial charge is 0.487 e. The van der Waals surface area contributed by atoms with Crippen LogP contribution in [0.1, 0.15) is 51.0 Å². The molecule has 2 aromatic rings. The van der Waals surface area contributed by atoms with Gasteiger partial charge in [-0.15, -0.1) is 0 Å². The van der Waals surface area contributed by atoms with Crippen molar-refractivity contribution in [3.63, 3.8) is 0 Å². The number of anilines is 1. The summed E-state index contributed by atoms with van der Waals surface area (Å²) in [5, 5.41) is 9.36. The van der Waals surface area contributed by atoms with E-state index < -0.39 is 17.2 Å². The molecular weight excluding hydrogens is 389 g/mol. The third kappa shape index (κ3) is 4.14.